The number of benzene rings is 2. The van der Waals surface area contributed by atoms with Crippen LogP contribution < -0.4 is 10.5 Å². The van der Waals surface area contributed by atoms with Gasteiger partial charge in [-0.25, -0.2) is 0 Å². The minimum atomic E-state index is -4.69. The summed E-state index contributed by atoms with van der Waals surface area (Å²) in [5.41, 5.74) is 7.65. The highest BCUT2D eigenvalue weighted by atomic mass is 79.9. The summed E-state index contributed by atoms with van der Waals surface area (Å²) in [5, 5.41) is 0. The molecule has 0 aliphatic heterocycles. The topological polar surface area (TPSA) is 35.2 Å². The first-order valence-electron chi connectivity index (χ1n) is 5.72. The maximum absolute atomic E-state index is 12.1. The first-order valence-corrected chi connectivity index (χ1v) is 6.51. The van der Waals surface area contributed by atoms with Crippen LogP contribution in [0, 0.1) is 0 Å². The molecule has 114 valence electrons. The second kappa shape index (κ2) is 7.15. The van der Waals surface area contributed by atoms with Crippen LogP contribution >= 0.6 is 28.3 Å². The van der Waals surface area contributed by atoms with Gasteiger partial charge in [-0.2, -0.15) is 0 Å². The summed E-state index contributed by atoms with van der Waals surface area (Å²) < 4.78 is 40.9. The number of rotatable bonds is 3. The lowest BCUT2D eigenvalue weighted by molar-refractivity contribution is -0.274. The quantitative estimate of drug-likeness (QED) is 0.826. The summed E-state index contributed by atoms with van der Waals surface area (Å²) in [6.45, 7) is 0. The molecule has 7 heteroatoms. The van der Waals surface area contributed by atoms with E-state index in [1.807, 2.05) is 24.3 Å². The molecular formula is C14H12BrClF3NO. The Morgan fingerprint density at radius 1 is 0.905 bits per heavy atom. The molecule has 0 saturated heterocycles. The fraction of sp³-hybridized carbons (Fsp3) is 0.143. The van der Waals surface area contributed by atoms with Crippen molar-refractivity contribution in [3.63, 3.8) is 0 Å². The van der Waals surface area contributed by atoms with Crippen LogP contribution in [-0.4, -0.2) is 6.36 Å². The molecule has 0 spiro atoms. The van der Waals surface area contributed by atoms with E-state index in [2.05, 4.69) is 20.7 Å². The lowest BCUT2D eigenvalue weighted by atomic mass is 10.00. The smallest absolute Gasteiger partial charge is 0.406 e. The van der Waals surface area contributed by atoms with Gasteiger partial charge in [-0.15, -0.1) is 25.6 Å². The van der Waals surface area contributed by atoms with Crippen LogP contribution in [0.3, 0.4) is 0 Å². The number of alkyl halides is 3. The van der Waals surface area contributed by atoms with Gasteiger partial charge in [0.2, 0.25) is 0 Å². The van der Waals surface area contributed by atoms with Gasteiger partial charge in [-0.05, 0) is 35.4 Å². The van der Waals surface area contributed by atoms with Crippen molar-refractivity contribution >= 4 is 28.3 Å². The molecule has 1 atom stereocenters. The number of halogens is 5. The van der Waals surface area contributed by atoms with E-state index < -0.39 is 12.4 Å². The van der Waals surface area contributed by atoms with Crippen molar-refractivity contribution in [3.8, 4) is 5.75 Å². The molecule has 21 heavy (non-hydrogen) atoms. The monoisotopic (exact) mass is 381 g/mol. The second-order valence-corrected chi connectivity index (χ2v) is 5.06. The molecule has 2 N–H and O–H groups in total. The maximum Gasteiger partial charge on any atom is 0.573 e. The Labute approximate surface area is 134 Å². The molecule has 0 bridgehead atoms. The highest BCUT2D eigenvalue weighted by molar-refractivity contribution is 9.10. The Morgan fingerprint density at radius 2 is 1.33 bits per heavy atom. The van der Waals surface area contributed by atoms with Gasteiger partial charge in [0.15, 0.2) is 0 Å². The zero-order valence-electron chi connectivity index (χ0n) is 10.6. The van der Waals surface area contributed by atoms with E-state index in [9.17, 15) is 13.2 Å². The van der Waals surface area contributed by atoms with Crippen molar-refractivity contribution in [2.75, 3.05) is 0 Å². The summed E-state index contributed by atoms with van der Waals surface area (Å²) in [6.07, 6.45) is -4.69. The van der Waals surface area contributed by atoms with Crippen LogP contribution in [0.2, 0.25) is 0 Å². The molecule has 0 amide bonds. The predicted molar refractivity (Wildman–Crippen MR) is 80.5 cm³/mol. The Balaban J connectivity index is 0.00000220. The summed E-state index contributed by atoms with van der Waals surface area (Å²) in [6, 6.07) is 12.6. The zero-order chi connectivity index (χ0) is 14.8. The van der Waals surface area contributed by atoms with E-state index in [1.165, 1.54) is 24.3 Å². The molecule has 0 saturated carbocycles. The van der Waals surface area contributed by atoms with E-state index >= 15 is 0 Å². The minimum Gasteiger partial charge on any atom is -0.406 e. The molecule has 0 fully saturated rings. The minimum absolute atomic E-state index is 0. The van der Waals surface area contributed by atoms with Crippen LogP contribution in [0.15, 0.2) is 53.0 Å². The molecule has 0 heterocycles. The third-order valence-electron chi connectivity index (χ3n) is 2.70. The highest BCUT2D eigenvalue weighted by Crippen LogP contribution is 2.26. The van der Waals surface area contributed by atoms with Gasteiger partial charge in [0.1, 0.15) is 5.75 Å². The summed E-state index contributed by atoms with van der Waals surface area (Å²) in [5.74, 6) is -0.260. The van der Waals surface area contributed by atoms with E-state index in [-0.39, 0.29) is 18.2 Å². The standard InChI is InChI=1S/C14H11BrF3NO.ClH/c15-11-5-1-9(2-6-11)13(19)10-3-7-12(8-4-10)20-14(16,17)18;/h1-8,13H,19H2;1H/t13-;/m1./s1. The van der Waals surface area contributed by atoms with Crippen LogP contribution in [0.25, 0.3) is 0 Å². The largest absolute Gasteiger partial charge is 0.573 e. The van der Waals surface area contributed by atoms with Gasteiger partial charge in [-0.1, -0.05) is 40.2 Å². The van der Waals surface area contributed by atoms with Gasteiger partial charge in [0.05, 0.1) is 6.04 Å². The van der Waals surface area contributed by atoms with Gasteiger partial charge in [-0.3, -0.25) is 0 Å². The summed E-state index contributed by atoms with van der Waals surface area (Å²) in [7, 11) is 0. The van der Waals surface area contributed by atoms with Crippen molar-refractivity contribution in [2.45, 2.75) is 12.4 Å². The van der Waals surface area contributed by atoms with Gasteiger partial charge in [0.25, 0.3) is 0 Å². The number of hydrogen-bond donors (Lipinski definition) is 1. The van der Waals surface area contributed by atoms with E-state index in [0.29, 0.717) is 5.56 Å². The molecule has 0 unspecified atom stereocenters. The molecule has 0 aliphatic rings. The molecule has 2 aromatic rings. The third-order valence-corrected chi connectivity index (χ3v) is 3.23. The van der Waals surface area contributed by atoms with Gasteiger partial charge < -0.3 is 10.5 Å². The van der Waals surface area contributed by atoms with Gasteiger partial charge >= 0.3 is 6.36 Å². The van der Waals surface area contributed by atoms with Crippen molar-refractivity contribution in [1.82, 2.24) is 0 Å². The lowest BCUT2D eigenvalue weighted by Gasteiger charge is -2.14. The van der Waals surface area contributed by atoms with Crippen LogP contribution in [-0.2, 0) is 0 Å². The zero-order valence-corrected chi connectivity index (χ0v) is 13.0. The van der Waals surface area contributed by atoms with Gasteiger partial charge in [0, 0.05) is 4.47 Å². The Morgan fingerprint density at radius 3 is 1.76 bits per heavy atom. The van der Waals surface area contributed by atoms with Crippen molar-refractivity contribution < 1.29 is 17.9 Å². The average molecular weight is 383 g/mol. The van der Waals surface area contributed by atoms with Crippen molar-refractivity contribution in [3.05, 3.63) is 64.1 Å². The molecule has 2 aromatic carbocycles. The second-order valence-electron chi connectivity index (χ2n) is 4.15. The molecular weight excluding hydrogens is 371 g/mol. The summed E-state index contributed by atoms with van der Waals surface area (Å²) in [4.78, 5) is 0. The third kappa shape index (κ3) is 5.22. The first-order chi connectivity index (χ1) is 9.35. The number of ether oxygens (including phenoxy) is 1. The van der Waals surface area contributed by atoms with E-state index in [1.54, 1.807) is 0 Å². The Kier molecular flexibility index (Phi) is 6.07. The lowest BCUT2D eigenvalue weighted by Crippen LogP contribution is -2.17. The summed E-state index contributed by atoms with van der Waals surface area (Å²) >= 11 is 3.32. The Bertz CT molecular complexity index is 572. The van der Waals surface area contributed by atoms with Crippen LogP contribution in [0.1, 0.15) is 17.2 Å². The fourth-order valence-electron chi connectivity index (χ4n) is 1.74. The number of hydrogen-bond acceptors (Lipinski definition) is 2. The van der Waals surface area contributed by atoms with Crippen LogP contribution in [0.5, 0.6) is 5.75 Å². The maximum atomic E-state index is 12.1. The average Bonchev–Trinajstić information content (AvgIpc) is 2.38. The van der Waals surface area contributed by atoms with Crippen molar-refractivity contribution in [1.29, 1.82) is 0 Å². The van der Waals surface area contributed by atoms with E-state index in [4.69, 9.17) is 5.73 Å². The first kappa shape index (κ1) is 17.8. The fourth-order valence-corrected chi connectivity index (χ4v) is 2.00. The predicted octanol–water partition coefficient (Wildman–Crippen LogP) is 4.82. The Hall–Kier alpha value is -1.24. The molecule has 0 radical (unpaired) electrons. The SMILES string of the molecule is Cl.N[C@H](c1ccc(Br)cc1)c1ccc(OC(F)(F)F)cc1. The highest BCUT2D eigenvalue weighted by Gasteiger charge is 2.31. The normalized spacial score (nSPS) is 12.4. The van der Waals surface area contributed by atoms with Crippen molar-refractivity contribution in [2.24, 2.45) is 5.73 Å². The van der Waals surface area contributed by atoms with Crippen LogP contribution in [0.4, 0.5) is 13.2 Å². The molecule has 2 rings (SSSR count). The molecule has 0 aliphatic carbocycles. The molecule has 0 aromatic heterocycles. The number of nitrogens with two attached hydrogens (primary N) is 1. The molecule has 2 nitrogen and oxygen atoms in total. The van der Waals surface area contributed by atoms with E-state index in [0.717, 1.165) is 10.0 Å².